The zero-order valence-electron chi connectivity index (χ0n) is 21.3. The molecule has 6 heteroatoms. The predicted molar refractivity (Wildman–Crippen MR) is 140 cm³/mol. The lowest BCUT2D eigenvalue weighted by atomic mass is 9.55. The molecule has 1 amide bonds. The SMILES string of the molecule is COc1cccc(C23CCN(C)CC2(OC(C)=O)CCC(NC(=O)c2ccc4ccccc4c2)C3)c1. The first-order valence-corrected chi connectivity index (χ1v) is 12.7. The van der Waals surface area contributed by atoms with Gasteiger partial charge in [0.1, 0.15) is 11.4 Å². The largest absolute Gasteiger partial charge is 0.497 e. The predicted octanol–water partition coefficient (Wildman–Crippen LogP) is 4.71. The summed E-state index contributed by atoms with van der Waals surface area (Å²) in [5.74, 6) is 0.440. The van der Waals surface area contributed by atoms with Gasteiger partial charge in [-0.15, -0.1) is 0 Å². The van der Waals surface area contributed by atoms with Gasteiger partial charge in [0.2, 0.25) is 0 Å². The van der Waals surface area contributed by atoms with Crippen molar-refractivity contribution in [2.24, 2.45) is 0 Å². The van der Waals surface area contributed by atoms with E-state index in [9.17, 15) is 9.59 Å². The third-order valence-corrected chi connectivity index (χ3v) is 8.12. The monoisotopic (exact) mass is 486 g/mol. The highest BCUT2D eigenvalue weighted by atomic mass is 16.6. The highest BCUT2D eigenvalue weighted by molar-refractivity contribution is 5.98. The number of methoxy groups -OCH3 is 1. The summed E-state index contributed by atoms with van der Waals surface area (Å²) in [5.41, 5.74) is 0.659. The molecule has 6 nitrogen and oxygen atoms in total. The Balaban J connectivity index is 1.49. The van der Waals surface area contributed by atoms with Crippen LogP contribution in [0.2, 0.25) is 0 Å². The number of hydrogen-bond acceptors (Lipinski definition) is 5. The number of amides is 1. The minimum Gasteiger partial charge on any atom is -0.497 e. The van der Waals surface area contributed by atoms with Gasteiger partial charge in [0.05, 0.1) is 7.11 Å². The second-order valence-electron chi connectivity index (χ2n) is 10.4. The average Bonchev–Trinajstić information content (AvgIpc) is 2.88. The number of esters is 1. The normalized spacial score (nSPS) is 26.1. The first-order chi connectivity index (χ1) is 17.3. The number of piperidine rings is 1. The molecule has 1 aliphatic carbocycles. The van der Waals surface area contributed by atoms with Gasteiger partial charge in [-0.3, -0.25) is 9.59 Å². The molecular weight excluding hydrogens is 452 g/mol. The Labute approximate surface area is 212 Å². The third-order valence-electron chi connectivity index (χ3n) is 8.12. The number of rotatable bonds is 5. The molecule has 1 aliphatic heterocycles. The molecular formula is C30H34N2O4. The van der Waals surface area contributed by atoms with E-state index in [-0.39, 0.29) is 17.9 Å². The minimum absolute atomic E-state index is 0.0396. The summed E-state index contributed by atoms with van der Waals surface area (Å²) in [6.45, 7) is 3.04. The third kappa shape index (κ3) is 4.35. The second kappa shape index (κ2) is 9.58. The summed E-state index contributed by atoms with van der Waals surface area (Å²) >= 11 is 0. The molecule has 5 rings (SSSR count). The fraction of sp³-hybridized carbons (Fsp3) is 0.400. The Kier molecular flexibility index (Phi) is 6.47. The van der Waals surface area contributed by atoms with Gasteiger partial charge in [0.25, 0.3) is 5.91 Å². The summed E-state index contributed by atoms with van der Waals surface area (Å²) in [5, 5.41) is 5.47. The van der Waals surface area contributed by atoms with Gasteiger partial charge in [0, 0.05) is 30.5 Å². The zero-order valence-corrected chi connectivity index (χ0v) is 21.3. The zero-order chi connectivity index (χ0) is 25.3. The van der Waals surface area contributed by atoms with E-state index in [4.69, 9.17) is 9.47 Å². The number of nitrogens with one attached hydrogen (secondary N) is 1. The standard InChI is InChI=1S/C30H34N2O4/c1-21(33)36-30-14-13-26(31-28(34)24-12-11-22-7-4-5-8-23(22)17-24)19-29(30,15-16-32(2)20-30)25-9-6-10-27(18-25)35-3/h4-12,17-18,26H,13-16,19-20H2,1-3H3,(H,31,34). The van der Waals surface area contributed by atoms with Gasteiger partial charge in [-0.1, -0.05) is 42.5 Å². The fourth-order valence-corrected chi connectivity index (χ4v) is 6.44. The number of carbonyl (C=O) groups excluding carboxylic acids is 2. The highest BCUT2D eigenvalue weighted by Crippen LogP contribution is 2.54. The van der Waals surface area contributed by atoms with E-state index in [1.165, 1.54) is 6.92 Å². The van der Waals surface area contributed by atoms with Crippen LogP contribution in [-0.4, -0.2) is 55.7 Å². The van der Waals surface area contributed by atoms with Crippen LogP contribution >= 0.6 is 0 Å². The van der Waals surface area contributed by atoms with Crippen LogP contribution in [0.3, 0.4) is 0 Å². The molecule has 36 heavy (non-hydrogen) atoms. The minimum atomic E-state index is -0.664. The number of hydrogen-bond donors (Lipinski definition) is 1. The molecule has 1 heterocycles. The van der Waals surface area contributed by atoms with Crippen molar-refractivity contribution in [3.05, 3.63) is 77.9 Å². The lowest BCUT2D eigenvalue weighted by Crippen LogP contribution is -2.68. The maximum Gasteiger partial charge on any atom is 0.303 e. The number of nitrogens with zero attached hydrogens (tertiary/aromatic N) is 1. The summed E-state index contributed by atoms with van der Waals surface area (Å²) < 4.78 is 11.8. The Morgan fingerprint density at radius 2 is 1.81 bits per heavy atom. The summed E-state index contributed by atoms with van der Waals surface area (Å²) in [6, 6.07) is 21.9. The van der Waals surface area contributed by atoms with Gasteiger partial charge in [-0.05, 0) is 79.9 Å². The van der Waals surface area contributed by atoms with E-state index < -0.39 is 11.0 Å². The topological polar surface area (TPSA) is 67.9 Å². The van der Waals surface area contributed by atoms with E-state index >= 15 is 0 Å². The van der Waals surface area contributed by atoms with Crippen molar-refractivity contribution in [1.29, 1.82) is 0 Å². The maximum atomic E-state index is 13.3. The van der Waals surface area contributed by atoms with Gasteiger partial charge in [-0.25, -0.2) is 0 Å². The number of carbonyl (C=O) groups is 2. The van der Waals surface area contributed by atoms with Crippen LogP contribution in [0, 0.1) is 0 Å². The van der Waals surface area contributed by atoms with E-state index in [1.54, 1.807) is 7.11 Å². The molecule has 0 spiro atoms. The second-order valence-corrected chi connectivity index (χ2v) is 10.4. The van der Waals surface area contributed by atoms with Crippen LogP contribution in [0.25, 0.3) is 10.8 Å². The van der Waals surface area contributed by atoms with Gasteiger partial charge >= 0.3 is 5.97 Å². The van der Waals surface area contributed by atoms with Gasteiger partial charge in [-0.2, -0.15) is 0 Å². The van der Waals surface area contributed by atoms with Crippen LogP contribution in [0.1, 0.15) is 48.5 Å². The molecule has 188 valence electrons. The van der Waals surface area contributed by atoms with Crippen molar-refractivity contribution in [1.82, 2.24) is 10.2 Å². The maximum absolute atomic E-state index is 13.3. The molecule has 3 aromatic carbocycles. The first kappa shape index (κ1) is 24.3. The molecule has 3 atom stereocenters. The molecule has 0 aromatic heterocycles. The Bertz CT molecular complexity index is 1290. The molecule has 2 aliphatic rings. The first-order valence-electron chi connectivity index (χ1n) is 12.7. The number of likely N-dealkylation sites (N-methyl/N-ethyl adjacent to an activating group) is 1. The number of ether oxygens (including phenoxy) is 2. The quantitative estimate of drug-likeness (QED) is 0.529. The number of likely N-dealkylation sites (tertiary alicyclic amines) is 1. The Hall–Kier alpha value is -3.38. The van der Waals surface area contributed by atoms with Gasteiger partial charge in [0.15, 0.2) is 0 Å². The lowest BCUT2D eigenvalue weighted by molar-refractivity contribution is -0.185. The fourth-order valence-electron chi connectivity index (χ4n) is 6.44. The molecule has 1 saturated carbocycles. The van der Waals surface area contributed by atoms with Gasteiger partial charge < -0.3 is 19.7 Å². The van der Waals surface area contributed by atoms with E-state index in [1.807, 2.05) is 54.6 Å². The molecule has 0 bridgehead atoms. The van der Waals surface area contributed by atoms with Crippen LogP contribution in [0.5, 0.6) is 5.75 Å². The molecule has 3 aromatic rings. The summed E-state index contributed by atoms with van der Waals surface area (Å²) in [4.78, 5) is 28.0. The van der Waals surface area contributed by atoms with Crippen molar-refractivity contribution in [2.75, 3.05) is 27.2 Å². The summed E-state index contributed by atoms with van der Waals surface area (Å²) in [7, 11) is 3.74. The van der Waals surface area contributed by atoms with E-state index in [0.717, 1.165) is 41.5 Å². The Morgan fingerprint density at radius 1 is 1.00 bits per heavy atom. The van der Waals surface area contributed by atoms with Crippen LogP contribution < -0.4 is 10.1 Å². The molecule has 0 radical (unpaired) electrons. The van der Waals surface area contributed by atoms with E-state index in [0.29, 0.717) is 24.9 Å². The van der Waals surface area contributed by atoms with Crippen molar-refractivity contribution >= 4 is 22.6 Å². The Morgan fingerprint density at radius 3 is 2.58 bits per heavy atom. The number of benzene rings is 3. The van der Waals surface area contributed by atoms with Crippen LogP contribution in [0.4, 0.5) is 0 Å². The van der Waals surface area contributed by atoms with Crippen molar-refractivity contribution in [3.8, 4) is 5.75 Å². The van der Waals surface area contributed by atoms with Crippen LogP contribution in [-0.2, 0) is 14.9 Å². The average molecular weight is 487 g/mol. The van der Waals surface area contributed by atoms with E-state index in [2.05, 4.69) is 29.4 Å². The van der Waals surface area contributed by atoms with Crippen molar-refractivity contribution in [2.45, 2.75) is 49.7 Å². The highest BCUT2D eigenvalue weighted by Gasteiger charge is 2.60. The van der Waals surface area contributed by atoms with Crippen molar-refractivity contribution in [3.63, 3.8) is 0 Å². The summed E-state index contributed by atoms with van der Waals surface area (Å²) in [6.07, 6.45) is 2.94. The van der Waals surface area contributed by atoms with Crippen molar-refractivity contribution < 1.29 is 19.1 Å². The van der Waals surface area contributed by atoms with Crippen LogP contribution in [0.15, 0.2) is 66.7 Å². The smallest absolute Gasteiger partial charge is 0.303 e. The molecule has 2 fully saturated rings. The molecule has 1 N–H and O–H groups in total. The number of fused-ring (bicyclic) bond motifs is 2. The molecule has 1 saturated heterocycles. The lowest BCUT2D eigenvalue weighted by Gasteiger charge is -2.59. The molecule has 3 unspecified atom stereocenters.